The zero-order valence-corrected chi connectivity index (χ0v) is 4.27. The van der Waals surface area contributed by atoms with E-state index in [-0.39, 0.29) is 5.78 Å². The van der Waals surface area contributed by atoms with Crippen LogP contribution < -0.4 is 5.48 Å². The standard InChI is InChI=1S/C4H9NO2/c1-4(6)2-3-5-7/h5,7H,2-3H2,1H3. The molecule has 0 aromatic rings. The summed E-state index contributed by atoms with van der Waals surface area (Å²) in [5.74, 6) is 0.0848. The topological polar surface area (TPSA) is 49.3 Å². The third kappa shape index (κ3) is 5.59. The summed E-state index contributed by atoms with van der Waals surface area (Å²) in [6.45, 7) is 1.84. The fourth-order valence-electron chi connectivity index (χ4n) is 0.232. The molecule has 0 saturated heterocycles. The van der Waals surface area contributed by atoms with Crippen LogP contribution in [-0.2, 0) is 4.79 Å². The zero-order chi connectivity index (χ0) is 5.70. The third-order valence-electron chi connectivity index (χ3n) is 0.589. The highest BCUT2D eigenvalue weighted by molar-refractivity contribution is 5.75. The van der Waals surface area contributed by atoms with Gasteiger partial charge in [0.2, 0.25) is 0 Å². The summed E-state index contributed by atoms with van der Waals surface area (Å²) in [5.41, 5.74) is 1.88. The van der Waals surface area contributed by atoms with Gasteiger partial charge in [0, 0.05) is 13.0 Å². The number of hydrogen-bond donors (Lipinski definition) is 2. The fraction of sp³-hybridized carbons (Fsp3) is 0.750. The van der Waals surface area contributed by atoms with E-state index in [1.54, 1.807) is 0 Å². The van der Waals surface area contributed by atoms with Crippen LogP contribution in [0.5, 0.6) is 0 Å². The highest BCUT2D eigenvalue weighted by Crippen LogP contribution is 1.74. The monoisotopic (exact) mass is 103 g/mol. The Morgan fingerprint density at radius 3 is 2.57 bits per heavy atom. The van der Waals surface area contributed by atoms with E-state index in [0.29, 0.717) is 13.0 Å². The summed E-state index contributed by atoms with van der Waals surface area (Å²) in [4.78, 5) is 10.1. The lowest BCUT2D eigenvalue weighted by Gasteiger charge is -1.88. The van der Waals surface area contributed by atoms with Crippen LogP contribution in [0.3, 0.4) is 0 Å². The van der Waals surface area contributed by atoms with E-state index in [1.165, 1.54) is 6.92 Å². The molecule has 0 radical (unpaired) electrons. The third-order valence-corrected chi connectivity index (χ3v) is 0.589. The van der Waals surface area contributed by atoms with Crippen molar-refractivity contribution in [2.75, 3.05) is 6.54 Å². The minimum atomic E-state index is 0.0848. The second kappa shape index (κ2) is 3.77. The molecular weight excluding hydrogens is 94.0 g/mol. The summed E-state index contributed by atoms with van der Waals surface area (Å²) in [5, 5.41) is 7.91. The van der Waals surface area contributed by atoms with Crippen LogP contribution in [0.4, 0.5) is 0 Å². The Bertz CT molecular complexity index is 62.7. The average Bonchev–Trinajstić information content (AvgIpc) is 1.61. The SMILES string of the molecule is CC(=O)CCNO. The summed E-state index contributed by atoms with van der Waals surface area (Å²) < 4.78 is 0. The second-order valence-electron chi connectivity index (χ2n) is 1.36. The Hall–Kier alpha value is -0.410. The first-order chi connectivity index (χ1) is 3.27. The number of hydroxylamine groups is 1. The fourth-order valence-corrected chi connectivity index (χ4v) is 0.232. The first-order valence-electron chi connectivity index (χ1n) is 2.13. The molecule has 0 bridgehead atoms. The Kier molecular flexibility index (Phi) is 3.55. The van der Waals surface area contributed by atoms with Crippen LogP contribution in [0.15, 0.2) is 0 Å². The summed E-state index contributed by atoms with van der Waals surface area (Å²) >= 11 is 0. The van der Waals surface area contributed by atoms with Crippen molar-refractivity contribution >= 4 is 5.78 Å². The van der Waals surface area contributed by atoms with Crippen molar-refractivity contribution < 1.29 is 10.0 Å². The molecule has 0 rings (SSSR count). The number of rotatable bonds is 3. The molecule has 0 spiro atoms. The summed E-state index contributed by atoms with van der Waals surface area (Å²) in [7, 11) is 0. The quantitative estimate of drug-likeness (QED) is 0.492. The van der Waals surface area contributed by atoms with Crippen LogP contribution in [0.25, 0.3) is 0 Å². The van der Waals surface area contributed by atoms with Crippen LogP contribution in [0.1, 0.15) is 13.3 Å². The molecular formula is C4H9NO2. The molecule has 2 N–H and O–H groups in total. The number of ketones is 1. The number of nitrogens with one attached hydrogen (secondary N) is 1. The molecule has 0 saturated carbocycles. The van der Waals surface area contributed by atoms with Crippen molar-refractivity contribution in [3.05, 3.63) is 0 Å². The van der Waals surface area contributed by atoms with Gasteiger partial charge >= 0.3 is 0 Å². The maximum Gasteiger partial charge on any atom is 0.131 e. The van der Waals surface area contributed by atoms with Gasteiger partial charge in [-0.05, 0) is 6.92 Å². The molecule has 42 valence electrons. The lowest BCUT2D eigenvalue weighted by molar-refractivity contribution is -0.117. The summed E-state index contributed by atoms with van der Waals surface area (Å²) in [6, 6.07) is 0. The molecule has 0 aliphatic rings. The van der Waals surface area contributed by atoms with Crippen molar-refractivity contribution in [2.45, 2.75) is 13.3 Å². The molecule has 0 aliphatic heterocycles. The van der Waals surface area contributed by atoms with E-state index < -0.39 is 0 Å². The number of carbonyl (C=O) groups excluding carboxylic acids is 1. The highest BCUT2D eigenvalue weighted by Gasteiger charge is 1.87. The Balaban J connectivity index is 2.82. The highest BCUT2D eigenvalue weighted by atomic mass is 16.5. The van der Waals surface area contributed by atoms with Gasteiger partial charge in [0.15, 0.2) is 0 Å². The van der Waals surface area contributed by atoms with E-state index >= 15 is 0 Å². The van der Waals surface area contributed by atoms with Gasteiger partial charge in [-0.1, -0.05) is 0 Å². The lowest BCUT2D eigenvalue weighted by atomic mass is 10.3. The van der Waals surface area contributed by atoms with Crippen molar-refractivity contribution in [3.63, 3.8) is 0 Å². The molecule has 0 fully saturated rings. The summed E-state index contributed by atoms with van der Waals surface area (Å²) in [6.07, 6.45) is 0.399. The normalized spacial score (nSPS) is 8.86. The minimum absolute atomic E-state index is 0.0848. The van der Waals surface area contributed by atoms with Gasteiger partial charge in [-0.15, -0.1) is 0 Å². The number of Topliss-reactive ketones (excluding diaryl/α,β-unsaturated/α-hetero) is 1. The van der Waals surface area contributed by atoms with Crippen molar-refractivity contribution in [1.29, 1.82) is 0 Å². The van der Waals surface area contributed by atoms with Gasteiger partial charge < -0.3 is 5.21 Å². The van der Waals surface area contributed by atoms with Crippen LogP contribution in [-0.4, -0.2) is 17.5 Å². The van der Waals surface area contributed by atoms with E-state index in [0.717, 1.165) is 0 Å². The number of hydrogen-bond acceptors (Lipinski definition) is 3. The molecule has 7 heavy (non-hydrogen) atoms. The smallest absolute Gasteiger partial charge is 0.131 e. The van der Waals surface area contributed by atoms with Crippen LogP contribution in [0, 0.1) is 0 Å². The lowest BCUT2D eigenvalue weighted by Crippen LogP contribution is -2.11. The van der Waals surface area contributed by atoms with Crippen molar-refractivity contribution in [2.24, 2.45) is 0 Å². The molecule has 3 nitrogen and oxygen atoms in total. The van der Waals surface area contributed by atoms with E-state index in [1.807, 2.05) is 5.48 Å². The van der Waals surface area contributed by atoms with Gasteiger partial charge in [-0.2, -0.15) is 0 Å². The Labute approximate surface area is 42.3 Å². The largest absolute Gasteiger partial charge is 0.317 e. The first-order valence-corrected chi connectivity index (χ1v) is 2.13. The second-order valence-corrected chi connectivity index (χ2v) is 1.36. The molecule has 3 heteroatoms. The zero-order valence-electron chi connectivity index (χ0n) is 4.27. The average molecular weight is 103 g/mol. The maximum absolute atomic E-state index is 10.1. The molecule has 0 atom stereocenters. The molecule has 0 heterocycles. The first kappa shape index (κ1) is 6.59. The van der Waals surface area contributed by atoms with Gasteiger partial charge in [0.1, 0.15) is 5.78 Å². The Morgan fingerprint density at radius 1 is 1.86 bits per heavy atom. The van der Waals surface area contributed by atoms with Crippen LogP contribution in [0.2, 0.25) is 0 Å². The minimum Gasteiger partial charge on any atom is -0.317 e. The molecule has 0 aromatic carbocycles. The van der Waals surface area contributed by atoms with Gasteiger partial charge in [-0.25, -0.2) is 5.48 Å². The van der Waals surface area contributed by atoms with Gasteiger partial charge in [-0.3, -0.25) is 4.79 Å². The molecule has 0 aromatic heterocycles. The van der Waals surface area contributed by atoms with Gasteiger partial charge in [0.05, 0.1) is 0 Å². The predicted molar refractivity (Wildman–Crippen MR) is 25.1 cm³/mol. The van der Waals surface area contributed by atoms with Gasteiger partial charge in [0.25, 0.3) is 0 Å². The predicted octanol–water partition coefficient (Wildman–Crippen LogP) is -0.0557. The molecule has 0 amide bonds. The van der Waals surface area contributed by atoms with Crippen molar-refractivity contribution in [3.8, 4) is 0 Å². The molecule has 0 aliphatic carbocycles. The van der Waals surface area contributed by atoms with Crippen molar-refractivity contribution in [1.82, 2.24) is 5.48 Å². The Morgan fingerprint density at radius 2 is 2.43 bits per heavy atom. The van der Waals surface area contributed by atoms with Crippen LogP contribution >= 0.6 is 0 Å². The van der Waals surface area contributed by atoms with E-state index in [9.17, 15) is 4.79 Å². The maximum atomic E-state index is 10.1. The molecule has 0 unspecified atom stereocenters. The number of carbonyl (C=O) groups is 1. The van der Waals surface area contributed by atoms with E-state index in [2.05, 4.69) is 0 Å². The van der Waals surface area contributed by atoms with E-state index in [4.69, 9.17) is 5.21 Å².